The second kappa shape index (κ2) is 6.64. The summed E-state index contributed by atoms with van der Waals surface area (Å²) in [6.07, 6.45) is 2.67. The van der Waals surface area contributed by atoms with Crippen molar-refractivity contribution in [3.05, 3.63) is 63.0 Å². The predicted octanol–water partition coefficient (Wildman–Crippen LogP) is 2.41. The molecule has 0 aliphatic carbocycles. The van der Waals surface area contributed by atoms with E-state index in [1.54, 1.807) is 11.4 Å². The molecule has 2 amide bonds. The highest BCUT2D eigenvalue weighted by Gasteiger charge is 2.11. The first-order valence-electron chi connectivity index (χ1n) is 6.08. The maximum absolute atomic E-state index is 11.8. The Hall–Kier alpha value is -3.00. The van der Waals surface area contributed by atoms with Gasteiger partial charge in [-0.3, -0.25) is 19.7 Å². The molecule has 2 aromatic rings. The van der Waals surface area contributed by atoms with Crippen LogP contribution in [0.15, 0.2) is 41.8 Å². The topological polar surface area (TPSA) is 115 Å². The summed E-state index contributed by atoms with van der Waals surface area (Å²) in [6, 6.07) is 7.40. The van der Waals surface area contributed by atoms with Crippen LogP contribution >= 0.6 is 11.3 Å². The molecule has 2 rings (SSSR count). The van der Waals surface area contributed by atoms with E-state index in [9.17, 15) is 19.7 Å². The molecule has 0 saturated heterocycles. The second-order valence-electron chi connectivity index (χ2n) is 4.20. The van der Waals surface area contributed by atoms with Gasteiger partial charge >= 0.3 is 0 Å². The van der Waals surface area contributed by atoms with E-state index in [2.05, 4.69) is 5.32 Å². The van der Waals surface area contributed by atoms with Crippen molar-refractivity contribution in [1.29, 1.82) is 0 Å². The van der Waals surface area contributed by atoms with Crippen LogP contribution in [0.5, 0.6) is 0 Å². The molecule has 0 bridgehead atoms. The molecule has 7 nitrogen and oxygen atoms in total. The van der Waals surface area contributed by atoms with Gasteiger partial charge in [0.2, 0.25) is 5.91 Å². The summed E-state index contributed by atoms with van der Waals surface area (Å²) in [7, 11) is 0. The summed E-state index contributed by atoms with van der Waals surface area (Å²) in [5.41, 5.74) is 5.88. The summed E-state index contributed by atoms with van der Waals surface area (Å²) in [5, 5.41) is 15.2. The van der Waals surface area contributed by atoms with Crippen LogP contribution in [0.1, 0.15) is 15.9 Å². The molecule has 22 heavy (non-hydrogen) atoms. The molecule has 0 fully saturated rings. The number of hydrogen-bond donors (Lipinski definition) is 2. The Kier molecular flexibility index (Phi) is 4.64. The lowest BCUT2D eigenvalue weighted by Gasteiger charge is -2.00. The van der Waals surface area contributed by atoms with Gasteiger partial charge in [0.05, 0.1) is 10.5 Å². The minimum absolute atomic E-state index is 0.0585. The number of primary amides is 1. The SMILES string of the molecule is NC(=O)c1ccsc1NC(=O)/C=C/c1cccc([N+](=O)[O-])c1. The van der Waals surface area contributed by atoms with E-state index in [1.165, 1.54) is 47.8 Å². The van der Waals surface area contributed by atoms with Gasteiger partial charge in [0.1, 0.15) is 5.00 Å². The van der Waals surface area contributed by atoms with Gasteiger partial charge in [0.15, 0.2) is 0 Å². The minimum Gasteiger partial charge on any atom is -0.366 e. The van der Waals surface area contributed by atoms with Crippen molar-refractivity contribution in [2.45, 2.75) is 0 Å². The smallest absolute Gasteiger partial charge is 0.270 e. The number of anilines is 1. The molecule has 0 aliphatic rings. The molecule has 0 saturated carbocycles. The third kappa shape index (κ3) is 3.76. The van der Waals surface area contributed by atoms with Crippen molar-refractivity contribution in [3.8, 4) is 0 Å². The number of nitrogens with two attached hydrogens (primary N) is 1. The first-order valence-corrected chi connectivity index (χ1v) is 6.96. The number of nitrogens with one attached hydrogen (secondary N) is 1. The Bertz CT molecular complexity index is 767. The maximum atomic E-state index is 11.8. The lowest BCUT2D eigenvalue weighted by atomic mass is 10.2. The summed E-state index contributed by atoms with van der Waals surface area (Å²) >= 11 is 1.18. The number of nitrogens with zero attached hydrogens (tertiary/aromatic N) is 1. The number of non-ortho nitro benzene ring substituents is 1. The Morgan fingerprint density at radius 2 is 2.09 bits per heavy atom. The van der Waals surface area contributed by atoms with Gasteiger partial charge in [-0.25, -0.2) is 0 Å². The van der Waals surface area contributed by atoms with Crippen LogP contribution < -0.4 is 11.1 Å². The number of nitro benzene ring substituents is 1. The van der Waals surface area contributed by atoms with Crippen LogP contribution in [0.25, 0.3) is 6.08 Å². The van der Waals surface area contributed by atoms with Crippen LogP contribution in [0.2, 0.25) is 0 Å². The van der Waals surface area contributed by atoms with Gasteiger partial charge in [-0.15, -0.1) is 11.3 Å². The highest BCUT2D eigenvalue weighted by Crippen LogP contribution is 2.22. The lowest BCUT2D eigenvalue weighted by Crippen LogP contribution is -2.14. The number of carbonyl (C=O) groups excluding carboxylic acids is 2. The Balaban J connectivity index is 2.08. The zero-order valence-corrected chi connectivity index (χ0v) is 12.0. The van der Waals surface area contributed by atoms with Crippen LogP contribution in [0, 0.1) is 10.1 Å². The first-order chi connectivity index (χ1) is 10.5. The molecule has 1 heterocycles. The zero-order valence-electron chi connectivity index (χ0n) is 11.2. The minimum atomic E-state index is -0.626. The first kappa shape index (κ1) is 15.4. The molecule has 0 radical (unpaired) electrons. The molecule has 0 unspecified atom stereocenters. The van der Waals surface area contributed by atoms with Crippen LogP contribution in [0.4, 0.5) is 10.7 Å². The molecular formula is C14H11N3O4S. The number of thiophene rings is 1. The molecule has 112 valence electrons. The third-order valence-electron chi connectivity index (χ3n) is 2.68. The average molecular weight is 317 g/mol. The van der Waals surface area contributed by atoms with Crippen molar-refractivity contribution < 1.29 is 14.5 Å². The summed E-state index contributed by atoms with van der Waals surface area (Å²) < 4.78 is 0. The Morgan fingerprint density at radius 3 is 2.77 bits per heavy atom. The molecular weight excluding hydrogens is 306 g/mol. The molecule has 0 spiro atoms. The van der Waals surface area contributed by atoms with E-state index in [4.69, 9.17) is 5.73 Å². The third-order valence-corrected chi connectivity index (χ3v) is 3.51. The van der Waals surface area contributed by atoms with Crippen molar-refractivity contribution in [2.24, 2.45) is 5.73 Å². The Morgan fingerprint density at radius 1 is 1.32 bits per heavy atom. The number of rotatable bonds is 5. The van der Waals surface area contributed by atoms with Gasteiger partial charge in [-0.2, -0.15) is 0 Å². The highest BCUT2D eigenvalue weighted by atomic mass is 32.1. The number of nitro groups is 1. The van der Waals surface area contributed by atoms with E-state index in [1.807, 2.05) is 0 Å². The van der Waals surface area contributed by atoms with Crippen molar-refractivity contribution in [3.63, 3.8) is 0 Å². The number of carbonyl (C=O) groups is 2. The standard InChI is InChI=1S/C14H11N3O4S/c15-13(19)11-6-7-22-14(11)16-12(18)5-4-9-2-1-3-10(8-9)17(20)21/h1-8H,(H2,15,19)(H,16,18)/b5-4+. The number of benzene rings is 1. The van der Waals surface area contributed by atoms with Crippen molar-refractivity contribution in [1.82, 2.24) is 0 Å². The normalized spacial score (nSPS) is 10.5. The molecule has 8 heteroatoms. The van der Waals surface area contributed by atoms with Gasteiger partial charge in [-0.1, -0.05) is 12.1 Å². The van der Waals surface area contributed by atoms with Gasteiger partial charge in [0.25, 0.3) is 11.6 Å². The average Bonchev–Trinajstić information content (AvgIpc) is 2.93. The fourth-order valence-corrected chi connectivity index (χ4v) is 2.46. The largest absolute Gasteiger partial charge is 0.366 e. The summed E-state index contributed by atoms with van der Waals surface area (Å²) in [4.78, 5) is 33.1. The van der Waals surface area contributed by atoms with E-state index in [0.717, 1.165) is 0 Å². The fraction of sp³-hybridized carbons (Fsp3) is 0. The van der Waals surface area contributed by atoms with Gasteiger partial charge in [0, 0.05) is 18.2 Å². The highest BCUT2D eigenvalue weighted by molar-refractivity contribution is 7.14. The monoisotopic (exact) mass is 317 g/mol. The van der Waals surface area contributed by atoms with Crippen LogP contribution in [-0.2, 0) is 4.79 Å². The summed E-state index contributed by atoms with van der Waals surface area (Å²) in [6.45, 7) is 0. The van der Waals surface area contributed by atoms with Crippen LogP contribution in [-0.4, -0.2) is 16.7 Å². The van der Waals surface area contributed by atoms with E-state index >= 15 is 0 Å². The number of amides is 2. The van der Waals surface area contributed by atoms with Crippen molar-refractivity contribution in [2.75, 3.05) is 5.32 Å². The van der Waals surface area contributed by atoms with E-state index < -0.39 is 16.7 Å². The van der Waals surface area contributed by atoms with E-state index in [0.29, 0.717) is 10.6 Å². The summed E-state index contributed by atoms with van der Waals surface area (Å²) in [5.74, 6) is -1.09. The van der Waals surface area contributed by atoms with E-state index in [-0.39, 0.29) is 11.3 Å². The molecule has 3 N–H and O–H groups in total. The predicted molar refractivity (Wildman–Crippen MR) is 83.6 cm³/mol. The molecule has 0 atom stereocenters. The molecule has 1 aromatic heterocycles. The van der Waals surface area contributed by atoms with Gasteiger partial charge in [-0.05, 0) is 23.1 Å². The maximum Gasteiger partial charge on any atom is 0.270 e. The Labute approximate surface area is 129 Å². The number of hydrogen-bond acceptors (Lipinski definition) is 5. The lowest BCUT2D eigenvalue weighted by molar-refractivity contribution is -0.384. The quantitative estimate of drug-likeness (QED) is 0.500. The zero-order chi connectivity index (χ0) is 16.1. The molecule has 1 aromatic carbocycles. The van der Waals surface area contributed by atoms with Crippen molar-refractivity contribution >= 4 is 39.9 Å². The second-order valence-corrected chi connectivity index (χ2v) is 5.12. The fourth-order valence-electron chi connectivity index (χ4n) is 1.67. The van der Waals surface area contributed by atoms with Crippen LogP contribution in [0.3, 0.4) is 0 Å². The van der Waals surface area contributed by atoms with Gasteiger partial charge < -0.3 is 11.1 Å². The molecule has 0 aliphatic heterocycles.